The first-order valence-electron chi connectivity index (χ1n) is 8.99. The number of hydrogen-bond acceptors (Lipinski definition) is 4. The van der Waals surface area contributed by atoms with Gasteiger partial charge in [0.25, 0.3) is 0 Å². The molecule has 0 saturated heterocycles. The largest absolute Gasteiger partial charge is 0.489 e. The van der Waals surface area contributed by atoms with Crippen LogP contribution in [0, 0.1) is 5.92 Å². The van der Waals surface area contributed by atoms with E-state index in [1.165, 1.54) is 0 Å². The summed E-state index contributed by atoms with van der Waals surface area (Å²) >= 11 is 0. The first-order valence-corrected chi connectivity index (χ1v) is 8.99. The van der Waals surface area contributed by atoms with Crippen LogP contribution < -0.4 is 15.4 Å². The van der Waals surface area contributed by atoms with Gasteiger partial charge in [-0.1, -0.05) is 56.3 Å². The van der Waals surface area contributed by atoms with Crippen LogP contribution in [0.25, 0.3) is 0 Å². The second-order valence-corrected chi connectivity index (χ2v) is 6.61. The van der Waals surface area contributed by atoms with Crippen LogP contribution in [0.2, 0.25) is 0 Å². The molecule has 1 atom stereocenters. The van der Waals surface area contributed by atoms with Gasteiger partial charge in [-0.2, -0.15) is 0 Å². The van der Waals surface area contributed by atoms with Crippen LogP contribution in [0.3, 0.4) is 0 Å². The van der Waals surface area contributed by atoms with Crippen molar-refractivity contribution in [1.29, 1.82) is 0 Å². The van der Waals surface area contributed by atoms with Gasteiger partial charge in [0.2, 0.25) is 0 Å². The molecular weight excluding hydrogens is 328 g/mol. The molecule has 26 heavy (non-hydrogen) atoms. The van der Waals surface area contributed by atoms with Crippen molar-refractivity contribution in [3.63, 3.8) is 0 Å². The summed E-state index contributed by atoms with van der Waals surface area (Å²) in [5, 5.41) is 15.5. The average molecular weight is 356 g/mol. The van der Waals surface area contributed by atoms with E-state index in [0.717, 1.165) is 16.9 Å². The van der Waals surface area contributed by atoms with Gasteiger partial charge in [-0.25, -0.2) is 0 Å². The van der Waals surface area contributed by atoms with Crippen molar-refractivity contribution in [1.82, 2.24) is 10.6 Å². The smallest absolute Gasteiger partial charge is 0.320 e. The zero-order valence-electron chi connectivity index (χ0n) is 15.4. The van der Waals surface area contributed by atoms with Crippen molar-refractivity contribution in [3.8, 4) is 5.75 Å². The Morgan fingerprint density at radius 3 is 2.46 bits per heavy atom. The minimum absolute atomic E-state index is 0.0611. The monoisotopic (exact) mass is 356 g/mol. The first kappa shape index (κ1) is 19.9. The van der Waals surface area contributed by atoms with E-state index in [1.807, 2.05) is 68.4 Å². The van der Waals surface area contributed by atoms with Crippen LogP contribution in [0.5, 0.6) is 5.75 Å². The maximum absolute atomic E-state index is 11.1. The molecule has 2 aromatic carbocycles. The number of rotatable bonds is 11. The summed E-state index contributed by atoms with van der Waals surface area (Å²) in [6.07, 6.45) is 0. The molecule has 3 N–H and O–H groups in total. The van der Waals surface area contributed by atoms with Crippen LogP contribution in [0.1, 0.15) is 25.0 Å². The Bertz CT molecular complexity index is 674. The fraction of sp³-hybridized carbons (Fsp3) is 0.381. The lowest BCUT2D eigenvalue weighted by molar-refractivity contribution is -0.140. The molecule has 0 saturated carbocycles. The standard InChI is InChI=1S/C21H28N2O3/c1-16(2)20(21(24)25)23-12-11-22-14-18-9-6-10-19(13-18)26-15-17-7-4-3-5-8-17/h3-10,13,16,20,22-23H,11-12,14-15H2,1-2H3,(H,24,25)/t20-/m1/s1. The first-order chi connectivity index (χ1) is 12.6. The predicted molar refractivity (Wildman–Crippen MR) is 103 cm³/mol. The predicted octanol–water partition coefficient (Wildman–Crippen LogP) is 3.05. The van der Waals surface area contributed by atoms with Gasteiger partial charge in [-0.05, 0) is 29.2 Å². The van der Waals surface area contributed by atoms with Crippen molar-refractivity contribution in [3.05, 3.63) is 65.7 Å². The Labute approximate surface area is 155 Å². The number of hydrogen-bond donors (Lipinski definition) is 3. The van der Waals surface area contributed by atoms with Crippen LogP contribution in [-0.2, 0) is 17.9 Å². The number of aliphatic carboxylic acids is 1. The van der Waals surface area contributed by atoms with Crippen molar-refractivity contribution >= 4 is 5.97 Å². The summed E-state index contributed by atoms with van der Waals surface area (Å²) in [5.74, 6) is 0.103. The molecule has 0 radical (unpaired) electrons. The third-order valence-corrected chi connectivity index (χ3v) is 4.07. The fourth-order valence-electron chi connectivity index (χ4n) is 2.64. The zero-order valence-corrected chi connectivity index (χ0v) is 15.4. The van der Waals surface area contributed by atoms with Gasteiger partial charge < -0.3 is 20.5 Å². The normalized spacial score (nSPS) is 12.1. The molecule has 0 aliphatic carbocycles. The number of carbonyl (C=O) groups is 1. The van der Waals surface area contributed by atoms with E-state index in [0.29, 0.717) is 26.2 Å². The highest BCUT2D eigenvalue weighted by atomic mass is 16.5. The number of carboxylic acid groups (broad SMARTS) is 1. The second kappa shape index (κ2) is 10.6. The molecule has 5 heteroatoms. The van der Waals surface area contributed by atoms with Gasteiger partial charge in [-0.3, -0.25) is 4.79 Å². The van der Waals surface area contributed by atoms with Crippen molar-refractivity contribution in [2.24, 2.45) is 5.92 Å². The summed E-state index contributed by atoms with van der Waals surface area (Å²) in [4.78, 5) is 11.1. The molecule has 2 rings (SSSR count). The van der Waals surface area contributed by atoms with Gasteiger partial charge in [0.15, 0.2) is 0 Å². The Hall–Kier alpha value is -2.37. The Balaban J connectivity index is 1.72. The lowest BCUT2D eigenvalue weighted by atomic mass is 10.1. The van der Waals surface area contributed by atoms with Gasteiger partial charge >= 0.3 is 5.97 Å². The van der Waals surface area contributed by atoms with E-state index in [1.54, 1.807) is 0 Å². The molecule has 0 fully saturated rings. The number of carboxylic acids is 1. The molecule has 0 aromatic heterocycles. The Kier molecular flexibility index (Phi) is 8.12. The number of nitrogens with one attached hydrogen (secondary N) is 2. The van der Waals surface area contributed by atoms with E-state index in [9.17, 15) is 4.79 Å². The second-order valence-electron chi connectivity index (χ2n) is 6.61. The van der Waals surface area contributed by atoms with Crippen molar-refractivity contribution in [2.45, 2.75) is 33.0 Å². The van der Waals surface area contributed by atoms with E-state index >= 15 is 0 Å². The molecule has 0 aliphatic rings. The van der Waals surface area contributed by atoms with E-state index in [2.05, 4.69) is 10.6 Å². The topological polar surface area (TPSA) is 70.6 Å². The van der Waals surface area contributed by atoms with Crippen molar-refractivity contribution < 1.29 is 14.6 Å². The number of benzene rings is 2. The average Bonchev–Trinajstić information content (AvgIpc) is 2.63. The van der Waals surface area contributed by atoms with Crippen LogP contribution in [0.4, 0.5) is 0 Å². The summed E-state index contributed by atoms with van der Waals surface area (Å²) in [5.41, 5.74) is 2.27. The zero-order chi connectivity index (χ0) is 18.8. The molecule has 0 unspecified atom stereocenters. The molecule has 0 heterocycles. The highest BCUT2D eigenvalue weighted by Crippen LogP contribution is 2.15. The van der Waals surface area contributed by atoms with Gasteiger partial charge in [-0.15, -0.1) is 0 Å². The highest BCUT2D eigenvalue weighted by Gasteiger charge is 2.19. The fourth-order valence-corrected chi connectivity index (χ4v) is 2.64. The van der Waals surface area contributed by atoms with Gasteiger partial charge in [0.05, 0.1) is 0 Å². The minimum atomic E-state index is -0.803. The maximum atomic E-state index is 11.1. The molecular formula is C21H28N2O3. The Morgan fingerprint density at radius 1 is 1.04 bits per heavy atom. The molecule has 0 bridgehead atoms. The summed E-state index contributed by atoms with van der Waals surface area (Å²) < 4.78 is 5.84. The van der Waals surface area contributed by atoms with Crippen molar-refractivity contribution in [2.75, 3.05) is 13.1 Å². The third kappa shape index (κ3) is 6.86. The minimum Gasteiger partial charge on any atom is -0.489 e. The third-order valence-electron chi connectivity index (χ3n) is 4.07. The lowest BCUT2D eigenvalue weighted by Crippen LogP contribution is -2.43. The van der Waals surface area contributed by atoms with Gasteiger partial charge in [0.1, 0.15) is 18.4 Å². The van der Waals surface area contributed by atoms with Crippen LogP contribution >= 0.6 is 0 Å². The van der Waals surface area contributed by atoms with E-state index < -0.39 is 12.0 Å². The summed E-state index contributed by atoms with van der Waals surface area (Å²) in [6.45, 7) is 6.38. The SMILES string of the molecule is CC(C)[C@@H](NCCNCc1cccc(OCc2ccccc2)c1)C(=O)O. The molecule has 2 aromatic rings. The van der Waals surface area contributed by atoms with E-state index in [-0.39, 0.29) is 5.92 Å². The number of ether oxygens (including phenoxy) is 1. The molecule has 0 aliphatic heterocycles. The molecule has 0 amide bonds. The van der Waals surface area contributed by atoms with E-state index in [4.69, 9.17) is 9.84 Å². The Morgan fingerprint density at radius 2 is 1.77 bits per heavy atom. The van der Waals surface area contributed by atoms with Crippen LogP contribution in [-0.4, -0.2) is 30.2 Å². The van der Waals surface area contributed by atoms with Crippen LogP contribution in [0.15, 0.2) is 54.6 Å². The molecule has 0 spiro atoms. The lowest BCUT2D eigenvalue weighted by Gasteiger charge is -2.18. The molecule has 5 nitrogen and oxygen atoms in total. The summed E-state index contributed by atoms with van der Waals surface area (Å²) in [7, 11) is 0. The van der Waals surface area contributed by atoms with Gasteiger partial charge in [0, 0.05) is 19.6 Å². The molecule has 140 valence electrons. The summed E-state index contributed by atoms with van der Waals surface area (Å²) in [6, 6.07) is 17.6. The maximum Gasteiger partial charge on any atom is 0.320 e. The highest BCUT2D eigenvalue weighted by molar-refractivity contribution is 5.73. The quantitative estimate of drug-likeness (QED) is 0.540.